The molecule has 18 heavy (non-hydrogen) atoms. The molecule has 0 spiro atoms. The molecule has 0 saturated heterocycles. The Morgan fingerprint density at radius 2 is 1.83 bits per heavy atom. The Kier molecular flexibility index (Phi) is 2.53. The maximum Gasteiger partial charge on any atom is 0.290 e. The fourth-order valence-electron chi connectivity index (χ4n) is 1.66. The van der Waals surface area contributed by atoms with E-state index in [1.165, 1.54) is 0 Å². The summed E-state index contributed by atoms with van der Waals surface area (Å²) in [5.41, 5.74) is 0.866. The van der Waals surface area contributed by atoms with Crippen LogP contribution in [0.5, 0.6) is 0 Å². The largest absolute Gasteiger partial charge is 0.328 e. The van der Waals surface area contributed by atoms with Gasteiger partial charge in [-0.1, -0.05) is 30.3 Å². The summed E-state index contributed by atoms with van der Waals surface area (Å²) in [4.78, 5) is 15.4. The van der Waals surface area contributed by atoms with Gasteiger partial charge in [0.25, 0.3) is 5.79 Å². The Morgan fingerprint density at radius 1 is 1.06 bits per heavy atom. The Labute approximate surface area is 103 Å². The summed E-state index contributed by atoms with van der Waals surface area (Å²) < 4.78 is 0. The number of H-pyrrole nitrogens is 1. The Balaban J connectivity index is 1.99. The highest BCUT2D eigenvalue weighted by Gasteiger charge is 2.31. The molecule has 0 fully saturated rings. The third kappa shape index (κ3) is 1.84. The maximum atomic E-state index is 4.29. The van der Waals surface area contributed by atoms with Gasteiger partial charge in [-0.2, -0.15) is 0 Å². The summed E-state index contributed by atoms with van der Waals surface area (Å²) in [6, 6.07) is 9.61. The minimum Gasteiger partial charge on any atom is -0.328 e. The highest BCUT2D eigenvalue weighted by atomic mass is 15.4. The first kappa shape index (κ1) is 10.5. The van der Waals surface area contributed by atoms with Gasteiger partial charge in [-0.15, -0.1) is 10.2 Å². The van der Waals surface area contributed by atoms with Crippen LogP contribution in [0.1, 0.15) is 5.56 Å². The van der Waals surface area contributed by atoms with Crippen LogP contribution in [0.25, 0.3) is 0 Å². The molecule has 88 valence electrons. The van der Waals surface area contributed by atoms with Crippen molar-refractivity contribution in [1.82, 2.24) is 9.97 Å². The van der Waals surface area contributed by atoms with Crippen LogP contribution < -0.4 is 0 Å². The zero-order valence-electron chi connectivity index (χ0n) is 9.43. The molecule has 6 nitrogen and oxygen atoms in total. The molecular formula is C12H10N6. The van der Waals surface area contributed by atoms with Gasteiger partial charge in [-0.25, -0.2) is 15.0 Å². The molecule has 2 aromatic rings. The average Bonchev–Trinajstić information content (AvgIpc) is 3.10. The molecule has 1 aliphatic heterocycles. The molecule has 2 heterocycles. The summed E-state index contributed by atoms with van der Waals surface area (Å²) in [6.07, 6.45) is 6.54. The third-order valence-electron chi connectivity index (χ3n) is 2.50. The molecule has 0 unspecified atom stereocenters. The van der Waals surface area contributed by atoms with Crippen LogP contribution in [0.3, 0.4) is 0 Å². The highest BCUT2D eigenvalue weighted by molar-refractivity contribution is 6.17. The molecule has 0 atom stereocenters. The van der Waals surface area contributed by atoms with Gasteiger partial charge in [0.05, 0.1) is 0 Å². The number of aromatic nitrogens is 2. The van der Waals surface area contributed by atoms with E-state index < -0.39 is 5.79 Å². The van der Waals surface area contributed by atoms with Crippen molar-refractivity contribution < 1.29 is 0 Å². The lowest BCUT2D eigenvalue weighted by atomic mass is 10.1. The van der Waals surface area contributed by atoms with Crippen LogP contribution in [0, 0.1) is 0 Å². The summed E-state index contributed by atoms with van der Waals surface area (Å²) >= 11 is 0. The van der Waals surface area contributed by atoms with Gasteiger partial charge in [0.2, 0.25) is 5.95 Å². The van der Waals surface area contributed by atoms with E-state index in [2.05, 4.69) is 30.2 Å². The van der Waals surface area contributed by atoms with E-state index in [-0.39, 0.29) is 0 Å². The monoisotopic (exact) mass is 238 g/mol. The SMILES string of the molecule is C1=NC(N=Nc2ncc[nH]2)(c2ccccc2)N=C1. The molecule has 1 aromatic heterocycles. The normalized spacial score (nSPS) is 16.7. The van der Waals surface area contributed by atoms with Gasteiger partial charge in [-0.05, 0) is 0 Å². The number of aromatic amines is 1. The van der Waals surface area contributed by atoms with Crippen molar-refractivity contribution in [3.8, 4) is 0 Å². The fraction of sp³-hybridized carbons (Fsp3) is 0.0833. The first-order valence-electron chi connectivity index (χ1n) is 5.46. The van der Waals surface area contributed by atoms with Crippen molar-refractivity contribution in [2.75, 3.05) is 0 Å². The lowest BCUT2D eigenvalue weighted by Gasteiger charge is -2.16. The van der Waals surface area contributed by atoms with Crippen molar-refractivity contribution in [2.24, 2.45) is 20.2 Å². The molecule has 0 radical (unpaired) electrons. The van der Waals surface area contributed by atoms with Crippen LogP contribution in [0.2, 0.25) is 0 Å². The van der Waals surface area contributed by atoms with E-state index in [4.69, 9.17) is 0 Å². The number of hydrogen-bond donors (Lipinski definition) is 1. The number of azo groups is 1. The summed E-state index contributed by atoms with van der Waals surface area (Å²) in [7, 11) is 0. The maximum absolute atomic E-state index is 4.29. The van der Waals surface area contributed by atoms with Gasteiger partial charge in [-0.3, -0.25) is 0 Å². The zero-order valence-corrected chi connectivity index (χ0v) is 9.43. The number of hydrogen-bond acceptors (Lipinski definition) is 5. The summed E-state index contributed by atoms with van der Waals surface area (Å²) in [6.45, 7) is 0. The van der Waals surface area contributed by atoms with Crippen molar-refractivity contribution >= 4 is 18.4 Å². The van der Waals surface area contributed by atoms with Crippen LogP contribution in [-0.4, -0.2) is 22.4 Å². The second-order valence-corrected chi connectivity index (χ2v) is 3.67. The summed E-state index contributed by atoms with van der Waals surface area (Å²) in [5.74, 6) is -0.573. The lowest BCUT2D eigenvalue weighted by Crippen LogP contribution is -2.14. The first-order valence-corrected chi connectivity index (χ1v) is 5.46. The molecule has 0 bridgehead atoms. The second kappa shape index (κ2) is 4.33. The van der Waals surface area contributed by atoms with Crippen LogP contribution in [-0.2, 0) is 5.79 Å². The number of nitrogens with one attached hydrogen (secondary N) is 1. The lowest BCUT2D eigenvalue weighted by molar-refractivity contribution is 0.485. The molecule has 0 saturated carbocycles. The van der Waals surface area contributed by atoms with Gasteiger partial charge >= 0.3 is 0 Å². The second-order valence-electron chi connectivity index (χ2n) is 3.67. The minimum absolute atomic E-state index is 0.433. The molecule has 0 aliphatic carbocycles. The van der Waals surface area contributed by atoms with Crippen molar-refractivity contribution in [3.05, 3.63) is 48.3 Å². The molecular weight excluding hydrogens is 228 g/mol. The van der Waals surface area contributed by atoms with Gasteiger partial charge in [0, 0.05) is 30.4 Å². The topological polar surface area (TPSA) is 78.1 Å². The predicted octanol–water partition coefficient (Wildman–Crippen LogP) is 2.46. The Morgan fingerprint density at radius 3 is 2.50 bits per heavy atom. The van der Waals surface area contributed by atoms with Crippen molar-refractivity contribution in [1.29, 1.82) is 0 Å². The van der Waals surface area contributed by atoms with E-state index in [1.54, 1.807) is 24.8 Å². The number of imidazole rings is 1. The third-order valence-corrected chi connectivity index (χ3v) is 2.50. The molecule has 1 aliphatic rings. The number of benzene rings is 1. The van der Waals surface area contributed by atoms with Crippen molar-refractivity contribution in [2.45, 2.75) is 5.79 Å². The molecule has 6 heteroatoms. The van der Waals surface area contributed by atoms with Crippen LogP contribution in [0.4, 0.5) is 5.95 Å². The molecule has 1 aromatic carbocycles. The van der Waals surface area contributed by atoms with Gasteiger partial charge in [0.1, 0.15) is 0 Å². The predicted molar refractivity (Wildman–Crippen MR) is 68.2 cm³/mol. The number of aliphatic imine (C=N–C) groups is 2. The van der Waals surface area contributed by atoms with Gasteiger partial charge < -0.3 is 4.98 Å². The van der Waals surface area contributed by atoms with E-state index in [9.17, 15) is 0 Å². The smallest absolute Gasteiger partial charge is 0.290 e. The fourth-order valence-corrected chi connectivity index (χ4v) is 1.66. The average molecular weight is 238 g/mol. The molecule has 0 amide bonds. The Bertz CT molecular complexity index is 585. The quantitative estimate of drug-likeness (QED) is 0.819. The van der Waals surface area contributed by atoms with Gasteiger partial charge in [0.15, 0.2) is 0 Å². The van der Waals surface area contributed by atoms with E-state index >= 15 is 0 Å². The highest BCUT2D eigenvalue weighted by Crippen LogP contribution is 2.31. The Hall–Kier alpha value is -2.63. The van der Waals surface area contributed by atoms with Crippen LogP contribution in [0.15, 0.2) is 62.9 Å². The zero-order chi connectivity index (χ0) is 12.3. The molecule has 3 rings (SSSR count). The summed E-state index contributed by atoms with van der Waals surface area (Å²) in [5, 5.41) is 8.23. The van der Waals surface area contributed by atoms with E-state index in [1.807, 2.05) is 30.3 Å². The van der Waals surface area contributed by atoms with Crippen LogP contribution >= 0.6 is 0 Å². The van der Waals surface area contributed by atoms with Crippen molar-refractivity contribution in [3.63, 3.8) is 0 Å². The standard InChI is InChI=1S/C12H10N6/c1-2-4-10(5-3-1)12(15-8-9-16-12)18-17-11-13-6-7-14-11/h1-9H,(H,13,14). The molecule has 1 N–H and O–H groups in total. The first-order chi connectivity index (χ1) is 8.89. The minimum atomic E-state index is -1.01. The number of nitrogens with zero attached hydrogens (tertiary/aromatic N) is 5. The number of rotatable bonds is 3. The van der Waals surface area contributed by atoms with E-state index in [0.717, 1.165) is 5.56 Å². The van der Waals surface area contributed by atoms with E-state index in [0.29, 0.717) is 5.95 Å².